The number of carbonyl (C=O) groups excluding carboxylic acids is 1. The molecule has 1 heterocycles. The summed E-state index contributed by atoms with van der Waals surface area (Å²) >= 11 is 0. The van der Waals surface area contributed by atoms with E-state index in [9.17, 15) is 13.2 Å². The number of allylic oxidation sites excluding steroid dienone is 1. The molecule has 0 radical (unpaired) electrons. The van der Waals surface area contributed by atoms with E-state index in [1.54, 1.807) is 0 Å². The van der Waals surface area contributed by atoms with Gasteiger partial charge < -0.3 is 9.47 Å². The van der Waals surface area contributed by atoms with E-state index in [0.29, 0.717) is 23.5 Å². The molecular formula is C21H24O5S. The first kappa shape index (κ1) is 17.3. The molecule has 144 valence electrons. The van der Waals surface area contributed by atoms with Gasteiger partial charge in [0.1, 0.15) is 11.9 Å². The Hall–Kier alpha value is -1.82. The Morgan fingerprint density at radius 2 is 1.96 bits per heavy atom. The van der Waals surface area contributed by atoms with Crippen molar-refractivity contribution >= 4 is 15.8 Å². The molecule has 6 heteroatoms. The molecule has 0 aromatic heterocycles. The Bertz CT molecular complexity index is 914. The monoisotopic (exact) mass is 388 g/mol. The normalized spacial score (nSPS) is 34.3. The minimum Gasteiger partial charge on any atom is -0.482 e. The van der Waals surface area contributed by atoms with Crippen LogP contribution in [0.3, 0.4) is 0 Å². The van der Waals surface area contributed by atoms with E-state index in [1.807, 2.05) is 24.3 Å². The minimum atomic E-state index is -3.06. The highest BCUT2D eigenvalue weighted by atomic mass is 32.2. The summed E-state index contributed by atoms with van der Waals surface area (Å²) in [6.07, 6.45) is 4.06. The van der Waals surface area contributed by atoms with E-state index in [0.717, 1.165) is 24.8 Å². The number of ether oxygens (including phenoxy) is 2. The van der Waals surface area contributed by atoms with Crippen molar-refractivity contribution in [1.82, 2.24) is 0 Å². The lowest BCUT2D eigenvalue weighted by Gasteiger charge is -2.35. The molecule has 5 unspecified atom stereocenters. The highest BCUT2D eigenvalue weighted by Crippen LogP contribution is 2.65. The summed E-state index contributed by atoms with van der Waals surface area (Å²) in [5, 5.41) is -0.235. The lowest BCUT2D eigenvalue weighted by Crippen LogP contribution is -2.42. The fourth-order valence-electron chi connectivity index (χ4n) is 5.50. The molecule has 1 aliphatic heterocycles. The van der Waals surface area contributed by atoms with Gasteiger partial charge in [0.15, 0.2) is 16.4 Å². The topological polar surface area (TPSA) is 69.7 Å². The molecule has 2 bridgehead atoms. The number of aryl methyl sites for hydroxylation is 1. The van der Waals surface area contributed by atoms with Crippen LogP contribution in [0.2, 0.25) is 0 Å². The summed E-state index contributed by atoms with van der Waals surface area (Å²) in [6, 6.07) is 7.80. The van der Waals surface area contributed by atoms with Gasteiger partial charge in [0.05, 0.1) is 5.25 Å². The highest BCUT2D eigenvalue weighted by molar-refractivity contribution is 7.96. The molecule has 0 N–H and O–H groups in total. The standard InChI is InChI=1S/C21H24O5S/c1-2-3-12-4-6-14(7-5-12)25-11-19(22)26-21-13-8-15-17(9-13)27(23,24)18-10-16(18)20(15)21/h4-7,13,15,17,20-21H,2-3,8-11H2,1H3. The van der Waals surface area contributed by atoms with Crippen molar-refractivity contribution in [1.29, 1.82) is 0 Å². The SMILES string of the molecule is CCCc1ccc(OCC(=O)OC2C3CC4C2C2=C(C2)S(=O)(=O)C4C3)cc1. The fourth-order valence-corrected chi connectivity index (χ4v) is 7.97. The van der Waals surface area contributed by atoms with Gasteiger partial charge >= 0.3 is 5.97 Å². The first-order valence-electron chi connectivity index (χ1n) is 9.86. The third-order valence-corrected chi connectivity index (χ3v) is 9.11. The number of hydrogen-bond donors (Lipinski definition) is 0. The van der Waals surface area contributed by atoms with Crippen LogP contribution < -0.4 is 4.74 Å². The predicted octanol–water partition coefficient (Wildman–Crippen LogP) is 3.04. The largest absolute Gasteiger partial charge is 0.482 e. The zero-order chi connectivity index (χ0) is 18.8. The molecule has 27 heavy (non-hydrogen) atoms. The Kier molecular flexibility index (Phi) is 3.90. The van der Waals surface area contributed by atoms with Crippen LogP contribution in [0.4, 0.5) is 0 Å². The number of carbonyl (C=O) groups is 1. The van der Waals surface area contributed by atoms with Gasteiger partial charge in [0.2, 0.25) is 0 Å². The van der Waals surface area contributed by atoms with Crippen LogP contribution >= 0.6 is 0 Å². The van der Waals surface area contributed by atoms with Crippen LogP contribution in [-0.2, 0) is 25.8 Å². The molecule has 4 aliphatic rings. The summed E-state index contributed by atoms with van der Waals surface area (Å²) in [6.45, 7) is 2.03. The maximum absolute atomic E-state index is 12.5. The summed E-state index contributed by atoms with van der Waals surface area (Å²) in [4.78, 5) is 13.0. The van der Waals surface area contributed by atoms with Crippen LogP contribution in [-0.4, -0.2) is 32.3 Å². The smallest absolute Gasteiger partial charge is 0.344 e. The lowest BCUT2D eigenvalue weighted by atomic mass is 9.83. The Morgan fingerprint density at radius 1 is 1.19 bits per heavy atom. The Balaban J connectivity index is 1.21. The van der Waals surface area contributed by atoms with Crippen LogP contribution in [0, 0.1) is 17.8 Å². The van der Waals surface area contributed by atoms with Gasteiger partial charge in [-0.25, -0.2) is 13.2 Å². The van der Waals surface area contributed by atoms with Crippen LogP contribution in [0.1, 0.15) is 38.2 Å². The third-order valence-electron chi connectivity index (χ3n) is 6.68. The first-order valence-corrected chi connectivity index (χ1v) is 11.4. The molecule has 2 fully saturated rings. The van der Waals surface area contributed by atoms with Gasteiger partial charge in [-0.2, -0.15) is 0 Å². The van der Waals surface area contributed by atoms with Gasteiger partial charge in [0.25, 0.3) is 0 Å². The van der Waals surface area contributed by atoms with Crippen molar-refractivity contribution in [3.8, 4) is 5.75 Å². The molecule has 1 aromatic rings. The number of sulfone groups is 1. The first-order chi connectivity index (χ1) is 13.0. The van der Waals surface area contributed by atoms with Gasteiger partial charge in [-0.05, 0) is 54.4 Å². The van der Waals surface area contributed by atoms with Crippen molar-refractivity contribution in [2.45, 2.75) is 50.4 Å². The number of fused-ring (bicyclic) bond motifs is 2. The molecule has 0 amide bonds. The minimum absolute atomic E-state index is 0.110. The molecular weight excluding hydrogens is 364 g/mol. The van der Waals surface area contributed by atoms with Crippen LogP contribution in [0.15, 0.2) is 34.7 Å². The average molecular weight is 388 g/mol. The molecule has 5 atom stereocenters. The molecule has 0 saturated heterocycles. The molecule has 0 spiro atoms. The van der Waals surface area contributed by atoms with Crippen molar-refractivity contribution in [3.05, 3.63) is 40.3 Å². The molecule has 5 rings (SSSR count). The quantitative estimate of drug-likeness (QED) is 0.701. The predicted molar refractivity (Wildman–Crippen MR) is 99.9 cm³/mol. The van der Waals surface area contributed by atoms with E-state index >= 15 is 0 Å². The van der Waals surface area contributed by atoms with E-state index in [1.165, 1.54) is 5.56 Å². The molecule has 2 saturated carbocycles. The molecule has 5 nitrogen and oxygen atoms in total. The van der Waals surface area contributed by atoms with E-state index in [-0.39, 0.29) is 41.7 Å². The zero-order valence-corrected chi connectivity index (χ0v) is 16.2. The maximum atomic E-state index is 12.5. The van der Waals surface area contributed by atoms with E-state index in [4.69, 9.17) is 9.47 Å². The molecule has 1 aromatic carbocycles. The Morgan fingerprint density at radius 3 is 2.70 bits per heavy atom. The fraction of sp³-hybridized carbons (Fsp3) is 0.571. The summed E-state index contributed by atoms with van der Waals surface area (Å²) in [7, 11) is -3.06. The van der Waals surface area contributed by atoms with E-state index < -0.39 is 9.84 Å². The van der Waals surface area contributed by atoms with Gasteiger partial charge in [-0.1, -0.05) is 25.5 Å². The van der Waals surface area contributed by atoms with Gasteiger partial charge in [-0.15, -0.1) is 0 Å². The zero-order valence-electron chi connectivity index (χ0n) is 15.4. The van der Waals surface area contributed by atoms with Crippen molar-refractivity contribution in [3.63, 3.8) is 0 Å². The lowest BCUT2D eigenvalue weighted by molar-refractivity contribution is -0.156. The summed E-state index contributed by atoms with van der Waals surface area (Å²) in [5.41, 5.74) is 2.29. The van der Waals surface area contributed by atoms with Crippen LogP contribution in [0.5, 0.6) is 5.75 Å². The summed E-state index contributed by atoms with van der Waals surface area (Å²) in [5.74, 6) is 0.746. The van der Waals surface area contributed by atoms with Crippen molar-refractivity contribution < 1.29 is 22.7 Å². The second kappa shape index (κ2) is 6.09. The number of hydrogen-bond acceptors (Lipinski definition) is 5. The molecule has 3 aliphatic carbocycles. The number of rotatable bonds is 6. The number of benzene rings is 1. The second-order valence-corrected chi connectivity index (χ2v) is 10.5. The second-order valence-electron chi connectivity index (χ2n) is 8.27. The third kappa shape index (κ3) is 2.72. The van der Waals surface area contributed by atoms with Crippen molar-refractivity contribution in [2.24, 2.45) is 17.8 Å². The maximum Gasteiger partial charge on any atom is 0.344 e. The van der Waals surface area contributed by atoms with E-state index in [2.05, 4.69) is 6.92 Å². The van der Waals surface area contributed by atoms with Crippen molar-refractivity contribution in [2.75, 3.05) is 6.61 Å². The van der Waals surface area contributed by atoms with Gasteiger partial charge in [-0.3, -0.25) is 0 Å². The van der Waals surface area contributed by atoms with Gasteiger partial charge in [0, 0.05) is 17.2 Å². The Labute approximate surface area is 159 Å². The van der Waals surface area contributed by atoms with Crippen LogP contribution in [0.25, 0.3) is 0 Å². The highest BCUT2D eigenvalue weighted by Gasteiger charge is 2.66. The summed E-state index contributed by atoms with van der Waals surface area (Å²) < 4.78 is 36.3. The number of esters is 1. The average Bonchev–Trinajstić information content (AvgIpc) is 3.22.